The first-order valence-electron chi connectivity index (χ1n) is 11.8. The third kappa shape index (κ3) is 5.21. The van der Waals surface area contributed by atoms with E-state index in [2.05, 4.69) is 26.7 Å². The lowest BCUT2D eigenvalue weighted by Crippen LogP contribution is -2.47. The third-order valence-electron chi connectivity index (χ3n) is 6.09. The van der Waals surface area contributed by atoms with Crippen molar-refractivity contribution < 1.29 is 14.7 Å². The Balaban J connectivity index is 1.67. The van der Waals surface area contributed by atoms with Gasteiger partial charge in [0.15, 0.2) is 0 Å². The van der Waals surface area contributed by atoms with Gasteiger partial charge in [0.05, 0.1) is 0 Å². The molecular weight excluding hydrogens is 442 g/mol. The molecule has 4 aromatic rings. The molecule has 0 aliphatic heterocycles. The number of hydrogen-bond donors (Lipinski definition) is 2. The Kier molecular flexibility index (Phi) is 7.19. The zero-order chi connectivity index (χ0) is 24.9. The summed E-state index contributed by atoms with van der Waals surface area (Å²) >= 11 is 0. The number of hydrogen-bond acceptors (Lipinski definition) is 5. The first-order chi connectivity index (χ1) is 16.9. The van der Waals surface area contributed by atoms with Crippen LogP contribution in [0.25, 0.3) is 33.3 Å². The first-order valence-corrected chi connectivity index (χ1v) is 11.8. The zero-order valence-electron chi connectivity index (χ0n) is 20.1. The predicted octanol–water partition coefficient (Wildman–Crippen LogP) is 4.92. The van der Waals surface area contributed by atoms with Crippen molar-refractivity contribution in [2.24, 2.45) is 5.92 Å². The van der Waals surface area contributed by atoms with Crippen LogP contribution in [0.5, 0.6) is 0 Å². The number of carboxylic acid groups (broad SMARTS) is 1. The number of carbonyl (C=O) groups is 2. The molecule has 1 atom stereocenters. The Labute approximate surface area is 204 Å². The third-order valence-corrected chi connectivity index (χ3v) is 6.09. The highest BCUT2D eigenvalue weighted by Crippen LogP contribution is 2.32. The van der Waals surface area contributed by atoms with E-state index in [9.17, 15) is 14.7 Å². The van der Waals surface area contributed by atoms with Crippen molar-refractivity contribution in [1.29, 1.82) is 0 Å². The standard InChI is InChI=1S/C27H29N5O3/c1-4-7-24(33)32(25(17(2)3)27(34)35)16-18-10-11-20-15-21(13-12-19(20)14-18)22-8-5-6-9-23(22)26-28-30-31-29-26/h5-6,8-15,17,25H,4,7,16H2,1-3H3,(H,34,35)(H,28,29,30,31)/t25-/m0/s1. The van der Waals surface area contributed by atoms with Gasteiger partial charge in [-0.1, -0.05) is 69.3 Å². The smallest absolute Gasteiger partial charge is 0.326 e. The average Bonchev–Trinajstić information content (AvgIpc) is 3.38. The lowest BCUT2D eigenvalue weighted by Gasteiger charge is -2.31. The van der Waals surface area contributed by atoms with E-state index in [1.54, 1.807) is 0 Å². The van der Waals surface area contributed by atoms with Crippen LogP contribution < -0.4 is 0 Å². The molecule has 1 amide bonds. The molecule has 0 aliphatic carbocycles. The quantitative estimate of drug-likeness (QED) is 0.358. The number of carbonyl (C=O) groups excluding carboxylic acids is 1. The fourth-order valence-corrected chi connectivity index (χ4v) is 4.44. The molecule has 0 saturated heterocycles. The van der Waals surface area contributed by atoms with Crippen LogP contribution >= 0.6 is 0 Å². The molecule has 180 valence electrons. The van der Waals surface area contributed by atoms with E-state index in [0.29, 0.717) is 18.7 Å². The molecule has 8 heteroatoms. The van der Waals surface area contributed by atoms with Crippen LogP contribution in [0.15, 0.2) is 60.7 Å². The first kappa shape index (κ1) is 24.1. The van der Waals surface area contributed by atoms with E-state index >= 15 is 0 Å². The number of aliphatic carboxylic acids is 1. The molecule has 3 aromatic carbocycles. The second-order valence-corrected chi connectivity index (χ2v) is 8.98. The van der Waals surface area contributed by atoms with E-state index in [1.807, 2.05) is 75.4 Å². The molecule has 0 unspecified atom stereocenters. The summed E-state index contributed by atoms with van der Waals surface area (Å²) in [6.45, 7) is 5.84. The maximum absolute atomic E-state index is 12.8. The number of rotatable bonds is 9. The monoisotopic (exact) mass is 471 g/mol. The second kappa shape index (κ2) is 10.5. The minimum atomic E-state index is -0.977. The lowest BCUT2D eigenvalue weighted by atomic mass is 9.96. The minimum absolute atomic E-state index is 0.137. The van der Waals surface area contributed by atoms with Gasteiger partial charge in [0.25, 0.3) is 0 Å². The Morgan fingerprint density at radius 3 is 2.37 bits per heavy atom. The van der Waals surface area contributed by atoms with Crippen LogP contribution in [-0.4, -0.2) is 48.5 Å². The van der Waals surface area contributed by atoms with Gasteiger partial charge < -0.3 is 10.0 Å². The van der Waals surface area contributed by atoms with Crippen molar-refractivity contribution >= 4 is 22.6 Å². The summed E-state index contributed by atoms with van der Waals surface area (Å²) in [5.41, 5.74) is 3.80. The molecule has 35 heavy (non-hydrogen) atoms. The molecule has 0 saturated carbocycles. The fraction of sp³-hybridized carbons (Fsp3) is 0.296. The molecule has 8 nitrogen and oxygen atoms in total. The van der Waals surface area contributed by atoms with E-state index in [4.69, 9.17) is 0 Å². The van der Waals surface area contributed by atoms with E-state index in [-0.39, 0.29) is 18.4 Å². The highest BCUT2D eigenvalue weighted by Gasteiger charge is 2.32. The Hall–Kier alpha value is -4.07. The van der Waals surface area contributed by atoms with E-state index < -0.39 is 12.0 Å². The summed E-state index contributed by atoms with van der Waals surface area (Å²) in [6.07, 6.45) is 0.999. The van der Waals surface area contributed by atoms with Crippen molar-refractivity contribution in [3.05, 3.63) is 66.2 Å². The number of tetrazole rings is 1. The van der Waals surface area contributed by atoms with Crippen molar-refractivity contribution in [1.82, 2.24) is 25.5 Å². The zero-order valence-corrected chi connectivity index (χ0v) is 20.1. The van der Waals surface area contributed by atoms with Crippen molar-refractivity contribution in [2.45, 2.75) is 46.2 Å². The van der Waals surface area contributed by atoms with E-state index in [1.165, 1.54) is 4.90 Å². The minimum Gasteiger partial charge on any atom is -0.480 e. The van der Waals surface area contributed by atoms with Crippen LogP contribution in [-0.2, 0) is 16.1 Å². The summed E-state index contributed by atoms with van der Waals surface area (Å²) in [4.78, 5) is 26.3. The highest BCUT2D eigenvalue weighted by molar-refractivity contribution is 5.91. The van der Waals surface area contributed by atoms with E-state index in [0.717, 1.165) is 33.0 Å². The van der Waals surface area contributed by atoms with Crippen molar-refractivity contribution in [3.63, 3.8) is 0 Å². The molecule has 1 aromatic heterocycles. The molecule has 1 heterocycles. The summed E-state index contributed by atoms with van der Waals surface area (Å²) < 4.78 is 0. The molecule has 0 radical (unpaired) electrons. The van der Waals surface area contributed by atoms with Gasteiger partial charge in [-0.15, -0.1) is 10.2 Å². The van der Waals surface area contributed by atoms with Gasteiger partial charge in [0.2, 0.25) is 11.7 Å². The van der Waals surface area contributed by atoms with Crippen LogP contribution in [0, 0.1) is 5.92 Å². The van der Waals surface area contributed by atoms with Gasteiger partial charge >= 0.3 is 5.97 Å². The summed E-state index contributed by atoms with van der Waals surface area (Å²) in [6, 6.07) is 19.2. The van der Waals surface area contributed by atoms with Gasteiger partial charge in [0, 0.05) is 18.5 Å². The molecule has 0 bridgehead atoms. The number of nitrogens with zero attached hydrogens (tertiary/aromatic N) is 4. The van der Waals surface area contributed by atoms with Crippen LogP contribution in [0.3, 0.4) is 0 Å². The Bertz CT molecular complexity index is 1330. The fourth-order valence-electron chi connectivity index (χ4n) is 4.44. The topological polar surface area (TPSA) is 112 Å². The van der Waals surface area contributed by atoms with Crippen LogP contribution in [0.4, 0.5) is 0 Å². The maximum Gasteiger partial charge on any atom is 0.326 e. The highest BCUT2D eigenvalue weighted by atomic mass is 16.4. The summed E-state index contributed by atoms with van der Waals surface area (Å²) in [5, 5.41) is 26.3. The predicted molar refractivity (Wildman–Crippen MR) is 134 cm³/mol. The number of amides is 1. The molecule has 0 aliphatic rings. The van der Waals surface area contributed by atoms with Gasteiger partial charge in [-0.2, -0.15) is 5.21 Å². The Morgan fingerprint density at radius 1 is 1.00 bits per heavy atom. The SMILES string of the molecule is CCCC(=O)N(Cc1ccc2cc(-c3ccccc3-c3nn[nH]n3)ccc2c1)[C@H](C(=O)O)C(C)C. The lowest BCUT2D eigenvalue weighted by molar-refractivity contribution is -0.153. The van der Waals surface area contributed by atoms with Gasteiger partial charge in [-0.25, -0.2) is 4.79 Å². The van der Waals surface area contributed by atoms with Crippen molar-refractivity contribution in [3.8, 4) is 22.5 Å². The largest absolute Gasteiger partial charge is 0.480 e. The number of benzene rings is 3. The average molecular weight is 472 g/mol. The molecule has 0 spiro atoms. The summed E-state index contributed by atoms with van der Waals surface area (Å²) in [5.74, 6) is -0.779. The molecule has 2 N–H and O–H groups in total. The number of H-pyrrole nitrogens is 1. The van der Waals surface area contributed by atoms with Gasteiger partial charge in [-0.3, -0.25) is 4.79 Å². The number of carboxylic acids is 1. The Morgan fingerprint density at radius 2 is 1.71 bits per heavy atom. The molecular formula is C27H29N5O3. The van der Waals surface area contributed by atoms with Crippen LogP contribution in [0.1, 0.15) is 39.2 Å². The van der Waals surface area contributed by atoms with Gasteiger partial charge in [0.1, 0.15) is 6.04 Å². The van der Waals surface area contributed by atoms with Crippen molar-refractivity contribution in [2.75, 3.05) is 0 Å². The molecule has 0 fully saturated rings. The van der Waals surface area contributed by atoms with Gasteiger partial charge in [-0.05, 0) is 57.1 Å². The second-order valence-electron chi connectivity index (χ2n) is 8.98. The maximum atomic E-state index is 12.8. The normalized spacial score (nSPS) is 12.1. The summed E-state index contributed by atoms with van der Waals surface area (Å²) in [7, 11) is 0. The number of aromatic amines is 1. The van der Waals surface area contributed by atoms with Crippen LogP contribution in [0.2, 0.25) is 0 Å². The number of nitrogens with one attached hydrogen (secondary N) is 1. The molecule has 4 rings (SSSR count). The number of aromatic nitrogens is 4. The number of fused-ring (bicyclic) bond motifs is 1.